The molecule has 0 atom stereocenters. The topological polar surface area (TPSA) is 46.5 Å². The Bertz CT molecular complexity index is 388. The Labute approximate surface area is 82.3 Å². The summed E-state index contributed by atoms with van der Waals surface area (Å²) in [4.78, 5) is 10.8. The Hall–Kier alpha value is -1.95. The molecule has 3 heteroatoms. The van der Waals surface area contributed by atoms with Crippen LogP contribution in [0.25, 0.3) is 0 Å². The molecule has 0 aromatic heterocycles. The number of carboxylic acids is 1. The molecule has 1 aromatic carbocycles. The molecule has 72 valence electrons. The molecule has 0 radical (unpaired) electrons. The van der Waals surface area contributed by atoms with Gasteiger partial charge in [0.05, 0.1) is 6.61 Å². The van der Waals surface area contributed by atoms with Crippen molar-refractivity contribution < 1.29 is 14.6 Å². The molecule has 0 heterocycles. The van der Waals surface area contributed by atoms with Gasteiger partial charge in [0.1, 0.15) is 11.3 Å². The first-order valence-corrected chi connectivity index (χ1v) is 4.15. The first kappa shape index (κ1) is 10.1. The molecule has 0 aliphatic heterocycles. The van der Waals surface area contributed by atoms with Crippen LogP contribution in [0.3, 0.4) is 0 Å². The molecular formula is C11H10O3. The summed E-state index contributed by atoms with van der Waals surface area (Å²) in [5, 5.41) is 8.82. The number of aromatic carboxylic acids is 1. The van der Waals surface area contributed by atoms with Gasteiger partial charge in [-0.3, -0.25) is 0 Å². The van der Waals surface area contributed by atoms with Crippen molar-refractivity contribution in [1.82, 2.24) is 0 Å². The molecule has 0 fully saturated rings. The summed E-state index contributed by atoms with van der Waals surface area (Å²) >= 11 is 0. The highest BCUT2D eigenvalue weighted by Crippen LogP contribution is 2.20. The highest BCUT2D eigenvalue weighted by Gasteiger charge is 2.10. The number of benzene rings is 1. The van der Waals surface area contributed by atoms with Gasteiger partial charge in [-0.15, -0.1) is 6.42 Å². The maximum atomic E-state index is 10.8. The second-order valence-electron chi connectivity index (χ2n) is 2.59. The lowest BCUT2D eigenvalue weighted by atomic mass is 10.1. The standard InChI is InChI=1S/C11H10O3/c1-3-8-5-6-9(11(12)13)10(7-8)14-4-2/h1,5-7H,4H2,2H3,(H,12,13). The van der Waals surface area contributed by atoms with Gasteiger partial charge in [0.2, 0.25) is 0 Å². The number of terminal acetylenes is 1. The van der Waals surface area contributed by atoms with Crippen molar-refractivity contribution >= 4 is 5.97 Å². The van der Waals surface area contributed by atoms with Crippen molar-refractivity contribution in [3.05, 3.63) is 29.3 Å². The van der Waals surface area contributed by atoms with E-state index >= 15 is 0 Å². The average molecular weight is 190 g/mol. The Morgan fingerprint density at radius 3 is 2.86 bits per heavy atom. The number of carboxylic acid groups (broad SMARTS) is 1. The Morgan fingerprint density at radius 1 is 1.64 bits per heavy atom. The minimum absolute atomic E-state index is 0.130. The Kier molecular flexibility index (Phi) is 3.14. The molecule has 1 aromatic rings. The van der Waals surface area contributed by atoms with Crippen LogP contribution in [0.4, 0.5) is 0 Å². The van der Waals surface area contributed by atoms with Gasteiger partial charge in [0.25, 0.3) is 0 Å². The van der Waals surface area contributed by atoms with Crippen molar-refractivity contribution in [2.24, 2.45) is 0 Å². The van der Waals surface area contributed by atoms with Crippen molar-refractivity contribution in [3.63, 3.8) is 0 Å². The zero-order valence-corrected chi connectivity index (χ0v) is 7.78. The van der Waals surface area contributed by atoms with Crippen LogP contribution < -0.4 is 4.74 Å². The largest absolute Gasteiger partial charge is 0.493 e. The van der Waals surface area contributed by atoms with Gasteiger partial charge < -0.3 is 9.84 Å². The first-order chi connectivity index (χ1) is 6.69. The van der Waals surface area contributed by atoms with Gasteiger partial charge in [-0.25, -0.2) is 4.79 Å². The zero-order valence-electron chi connectivity index (χ0n) is 7.78. The van der Waals surface area contributed by atoms with Crippen molar-refractivity contribution in [2.45, 2.75) is 6.92 Å². The maximum absolute atomic E-state index is 10.8. The predicted octanol–water partition coefficient (Wildman–Crippen LogP) is 1.76. The van der Waals surface area contributed by atoms with Crippen molar-refractivity contribution in [2.75, 3.05) is 6.61 Å². The number of rotatable bonds is 3. The third kappa shape index (κ3) is 2.05. The van der Waals surface area contributed by atoms with Crippen LogP contribution in [0, 0.1) is 12.3 Å². The highest BCUT2D eigenvalue weighted by atomic mass is 16.5. The molecule has 3 nitrogen and oxygen atoms in total. The highest BCUT2D eigenvalue weighted by molar-refractivity contribution is 5.91. The van der Waals surface area contributed by atoms with Crippen LogP contribution in [0.2, 0.25) is 0 Å². The van der Waals surface area contributed by atoms with Gasteiger partial charge in [-0.05, 0) is 25.1 Å². The molecule has 0 saturated heterocycles. The molecule has 14 heavy (non-hydrogen) atoms. The van der Waals surface area contributed by atoms with E-state index in [1.165, 1.54) is 6.07 Å². The molecule has 0 amide bonds. The minimum atomic E-state index is -1.02. The summed E-state index contributed by atoms with van der Waals surface area (Å²) in [5.41, 5.74) is 0.740. The van der Waals surface area contributed by atoms with E-state index in [0.29, 0.717) is 17.9 Å². The van der Waals surface area contributed by atoms with Crippen LogP contribution in [0.15, 0.2) is 18.2 Å². The molecular weight excluding hydrogens is 180 g/mol. The summed E-state index contributed by atoms with van der Waals surface area (Å²) in [6.07, 6.45) is 5.19. The van der Waals surface area contributed by atoms with Crippen molar-refractivity contribution in [3.8, 4) is 18.1 Å². The number of carbonyl (C=O) groups is 1. The molecule has 0 aliphatic carbocycles. The SMILES string of the molecule is C#Cc1ccc(C(=O)O)c(OCC)c1. The summed E-state index contributed by atoms with van der Waals surface area (Å²) in [7, 11) is 0. The van der Waals surface area contributed by atoms with Gasteiger partial charge >= 0.3 is 5.97 Å². The lowest BCUT2D eigenvalue weighted by Crippen LogP contribution is -2.02. The van der Waals surface area contributed by atoms with Crippen molar-refractivity contribution in [1.29, 1.82) is 0 Å². The van der Waals surface area contributed by atoms with Crippen LogP contribution in [0.5, 0.6) is 5.75 Å². The fourth-order valence-corrected chi connectivity index (χ4v) is 1.06. The van der Waals surface area contributed by atoms with E-state index in [0.717, 1.165) is 0 Å². The fourth-order valence-electron chi connectivity index (χ4n) is 1.06. The summed E-state index contributed by atoms with van der Waals surface area (Å²) < 4.78 is 5.16. The molecule has 1 N–H and O–H groups in total. The van der Waals surface area contributed by atoms with E-state index in [9.17, 15) is 4.79 Å². The third-order valence-corrected chi connectivity index (χ3v) is 1.68. The second-order valence-corrected chi connectivity index (χ2v) is 2.59. The van der Waals surface area contributed by atoms with E-state index in [1.54, 1.807) is 19.1 Å². The normalized spacial score (nSPS) is 9.14. The maximum Gasteiger partial charge on any atom is 0.339 e. The molecule has 0 saturated carbocycles. The molecule has 0 aliphatic rings. The van der Waals surface area contributed by atoms with E-state index in [4.69, 9.17) is 16.3 Å². The number of hydrogen-bond donors (Lipinski definition) is 1. The van der Waals surface area contributed by atoms with Crippen LogP contribution in [-0.4, -0.2) is 17.7 Å². The Morgan fingerprint density at radius 2 is 2.36 bits per heavy atom. The summed E-state index contributed by atoms with van der Waals surface area (Å²) in [5.74, 6) is 1.72. The molecule has 0 unspecified atom stereocenters. The Balaban J connectivity index is 3.18. The van der Waals surface area contributed by atoms with E-state index in [-0.39, 0.29) is 5.56 Å². The summed E-state index contributed by atoms with van der Waals surface area (Å²) in [6, 6.07) is 4.57. The quantitative estimate of drug-likeness (QED) is 0.739. The number of hydrogen-bond acceptors (Lipinski definition) is 2. The zero-order chi connectivity index (χ0) is 10.6. The van der Waals surface area contributed by atoms with E-state index in [1.807, 2.05) is 0 Å². The molecule has 1 rings (SSSR count). The smallest absolute Gasteiger partial charge is 0.339 e. The average Bonchev–Trinajstić information content (AvgIpc) is 2.17. The van der Waals surface area contributed by atoms with Gasteiger partial charge in [0, 0.05) is 5.56 Å². The monoisotopic (exact) mass is 190 g/mol. The third-order valence-electron chi connectivity index (χ3n) is 1.68. The van der Waals surface area contributed by atoms with Crippen LogP contribution in [0.1, 0.15) is 22.8 Å². The van der Waals surface area contributed by atoms with Crippen LogP contribution >= 0.6 is 0 Å². The van der Waals surface area contributed by atoms with Gasteiger partial charge in [0.15, 0.2) is 0 Å². The van der Waals surface area contributed by atoms with E-state index in [2.05, 4.69) is 5.92 Å². The first-order valence-electron chi connectivity index (χ1n) is 4.15. The van der Waals surface area contributed by atoms with Crippen LogP contribution in [-0.2, 0) is 0 Å². The second kappa shape index (κ2) is 4.33. The molecule has 0 spiro atoms. The lowest BCUT2D eigenvalue weighted by Gasteiger charge is -2.06. The summed E-state index contributed by atoms with van der Waals surface area (Å²) in [6.45, 7) is 2.20. The fraction of sp³-hybridized carbons (Fsp3) is 0.182. The number of ether oxygens (including phenoxy) is 1. The van der Waals surface area contributed by atoms with E-state index < -0.39 is 5.97 Å². The molecule has 0 bridgehead atoms. The lowest BCUT2D eigenvalue weighted by molar-refractivity contribution is 0.0692. The predicted molar refractivity (Wildman–Crippen MR) is 52.5 cm³/mol. The van der Waals surface area contributed by atoms with Gasteiger partial charge in [-0.2, -0.15) is 0 Å². The van der Waals surface area contributed by atoms with Gasteiger partial charge in [-0.1, -0.05) is 5.92 Å². The minimum Gasteiger partial charge on any atom is -0.493 e.